The van der Waals surface area contributed by atoms with Crippen molar-refractivity contribution in [2.45, 2.75) is 13.1 Å². The van der Waals surface area contributed by atoms with Gasteiger partial charge in [0.05, 0.1) is 5.56 Å². The maximum atomic E-state index is 12.2. The number of hydrogen-bond acceptors (Lipinski definition) is 4. The molecule has 0 aliphatic heterocycles. The van der Waals surface area contributed by atoms with Gasteiger partial charge >= 0.3 is 6.18 Å². The number of rotatable bonds is 5. The Morgan fingerprint density at radius 1 is 1.36 bits per heavy atom. The summed E-state index contributed by atoms with van der Waals surface area (Å²) >= 11 is 1.53. The van der Waals surface area contributed by atoms with Gasteiger partial charge in [0.15, 0.2) is 6.61 Å². The number of amides is 1. The molecule has 0 aliphatic rings. The fourth-order valence-electron chi connectivity index (χ4n) is 1.87. The predicted molar refractivity (Wildman–Crippen MR) is 89.4 cm³/mol. The molecule has 2 aromatic rings. The summed E-state index contributed by atoms with van der Waals surface area (Å²) in [4.78, 5) is 13.9. The monoisotopic (exact) mass is 366 g/mol. The van der Waals surface area contributed by atoms with Crippen LogP contribution in [0.4, 0.5) is 18.9 Å². The quantitative estimate of drug-likeness (QED) is 0.792. The highest BCUT2D eigenvalue weighted by molar-refractivity contribution is 7.12. The van der Waals surface area contributed by atoms with Gasteiger partial charge in [0.1, 0.15) is 11.8 Å². The zero-order valence-electron chi connectivity index (χ0n) is 13.1. The summed E-state index contributed by atoms with van der Waals surface area (Å²) in [5.41, 5.74) is 0.188. The molecule has 0 aliphatic carbocycles. The van der Waals surface area contributed by atoms with Gasteiger partial charge in [-0.1, -0.05) is 0 Å². The number of carbonyl (C=O) groups excluding carboxylic acids is 1. The van der Waals surface area contributed by atoms with Crippen LogP contribution >= 0.6 is 11.3 Å². The topological polar surface area (TPSA) is 62.1 Å². The Balaban J connectivity index is 2.03. The number of thiophene rings is 1. The number of nitrogens with zero attached hydrogens (tertiary/aromatic N) is 1. The number of nitriles is 1. The number of hydrogen-bond donors (Lipinski definition) is 1. The van der Waals surface area contributed by atoms with Crippen molar-refractivity contribution in [1.82, 2.24) is 0 Å². The first-order chi connectivity index (χ1) is 11.8. The molecule has 0 atom stereocenters. The predicted octanol–water partition coefficient (Wildman–Crippen LogP) is 4.52. The lowest BCUT2D eigenvalue weighted by Gasteiger charge is -2.11. The molecule has 0 saturated heterocycles. The summed E-state index contributed by atoms with van der Waals surface area (Å²) in [5, 5.41) is 11.6. The first-order valence-electron chi connectivity index (χ1n) is 7.06. The third kappa shape index (κ3) is 5.97. The summed E-state index contributed by atoms with van der Waals surface area (Å²) in [5.74, 6) is -0.610. The van der Waals surface area contributed by atoms with E-state index in [1.54, 1.807) is 12.1 Å². The third-order valence-electron chi connectivity index (χ3n) is 2.92. The van der Waals surface area contributed by atoms with Gasteiger partial charge in [-0.3, -0.25) is 4.79 Å². The van der Waals surface area contributed by atoms with Crippen molar-refractivity contribution in [2.75, 3.05) is 11.9 Å². The van der Waals surface area contributed by atoms with E-state index in [1.807, 2.05) is 19.1 Å². The number of halogens is 3. The molecule has 1 N–H and O–H groups in total. The average Bonchev–Trinajstić information content (AvgIpc) is 2.96. The Bertz CT molecular complexity index is 835. The van der Waals surface area contributed by atoms with Crippen LogP contribution in [0.5, 0.6) is 5.75 Å². The lowest BCUT2D eigenvalue weighted by Crippen LogP contribution is -2.19. The van der Waals surface area contributed by atoms with Gasteiger partial charge in [0.2, 0.25) is 5.91 Å². The molecule has 8 heteroatoms. The van der Waals surface area contributed by atoms with E-state index in [-0.39, 0.29) is 17.0 Å². The second-order valence-electron chi connectivity index (χ2n) is 5.00. The van der Waals surface area contributed by atoms with Gasteiger partial charge < -0.3 is 10.1 Å². The smallest absolute Gasteiger partial charge is 0.422 e. The molecule has 1 aromatic carbocycles. The molecule has 0 fully saturated rings. The highest BCUT2D eigenvalue weighted by Crippen LogP contribution is 2.25. The number of anilines is 1. The average molecular weight is 366 g/mol. The highest BCUT2D eigenvalue weighted by atomic mass is 32.1. The summed E-state index contributed by atoms with van der Waals surface area (Å²) in [7, 11) is 0. The zero-order chi connectivity index (χ0) is 18.4. The number of ether oxygens (including phenoxy) is 1. The molecule has 0 saturated carbocycles. The van der Waals surface area contributed by atoms with Crippen LogP contribution in [0.25, 0.3) is 6.08 Å². The van der Waals surface area contributed by atoms with Crippen LogP contribution in [-0.2, 0) is 4.79 Å². The van der Waals surface area contributed by atoms with Crippen molar-refractivity contribution in [1.29, 1.82) is 5.26 Å². The van der Waals surface area contributed by atoms with E-state index in [4.69, 9.17) is 5.26 Å². The van der Waals surface area contributed by atoms with Crippen LogP contribution < -0.4 is 10.1 Å². The molecule has 1 amide bonds. The molecular formula is C17H13F3N2O2S. The third-order valence-corrected chi connectivity index (χ3v) is 3.88. The zero-order valence-corrected chi connectivity index (χ0v) is 13.9. The Labute approximate surface area is 146 Å². The van der Waals surface area contributed by atoms with Crippen molar-refractivity contribution in [3.8, 4) is 11.8 Å². The number of alkyl halides is 3. The lowest BCUT2D eigenvalue weighted by molar-refractivity contribution is -0.153. The van der Waals surface area contributed by atoms with Crippen molar-refractivity contribution < 1.29 is 22.7 Å². The minimum Gasteiger partial charge on any atom is -0.483 e. The largest absolute Gasteiger partial charge is 0.483 e. The second-order valence-corrected chi connectivity index (χ2v) is 6.32. The van der Waals surface area contributed by atoms with Crippen LogP contribution in [-0.4, -0.2) is 18.7 Å². The molecule has 25 heavy (non-hydrogen) atoms. The van der Waals surface area contributed by atoms with E-state index < -0.39 is 18.7 Å². The second kappa shape index (κ2) is 7.85. The summed E-state index contributed by atoms with van der Waals surface area (Å²) < 4.78 is 41.1. The maximum Gasteiger partial charge on any atom is 0.422 e. The molecule has 2 rings (SSSR count). The number of benzene rings is 1. The molecule has 130 valence electrons. The highest BCUT2D eigenvalue weighted by Gasteiger charge is 2.28. The number of aryl methyl sites for hydroxylation is 1. The molecular weight excluding hydrogens is 353 g/mol. The van der Waals surface area contributed by atoms with E-state index in [1.165, 1.54) is 35.6 Å². The summed E-state index contributed by atoms with van der Waals surface area (Å²) in [6.07, 6.45) is -1.51. The molecule has 0 bridgehead atoms. The van der Waals surface area contributed by atoms with E-state index in [2.05, 4.69) is 10.1 Å². The van der Waals surface area contributed by atoms with E-state index in [0.29, 0.717) is 0 Å². The van der Waals surface area contributed by atoms with Crippen molar-refractivity contribution >= 4 is 29.0 Å². The summed E-state index contributed by atoms with van der Waals surface area (Å²) in [6, 6.07) is 9.40. The fraction of sp³-hybridized carbons (Fsp3) is 0.176. The molecule has 4 nitrogen and oxygen atoms in total. The van der Waals surface area contributed by atoms with Gasteiger partial charge in [-0.05, 0) is 43.3 Å². The number of nitrogens with one attached hydrogen (secondary N) is 1. The van der Waals surface area contributed by atoms with Crippen LogP contribution in [0.15, 0.2) is 36.4 Å². The standard InChI is InChI=1S/C17H13F3N2O2S/c1-11-2-4-14(25-11)5-7-16(23)22-13-3-6-15(12(8-13)9-21)24-10-17(18,19)20/h2-8H,10H2,1H3,(H,22,23). The Morgan fingerprint density at radius 2 is 2.12 bits per heavy atom. The van der Waals surface area contributed by atoms with Crippen LogP contribution in [0.2, 0.25) is 0 Å². The molecule has 0 radical (unpaired) electrons. The Morgan fingerprint density at radius 3 is 2.72 bits per heavy atom. The minimum absolute atomic E-state index is 0.0973. The van der Waals surface area contributed by atoms with E-state index in [9.17, 15) is 18.0 Å². The maximum absolute atomic E-state index is 12.2. The first kappa shape index (κ1) is 18.5. The van der Waals surface area contributed by atoms with Crippen molar-refractivity contribution in [2.24, 2.45) is 0 Å². The van der Waals surface area contributed by atoms with Gasteiger partial charge in [0.25, 0.3) is 0 Å². The molecule has 1 heterocycles. The van der Waals surface area contributed by atoms with Crippen LogP contribution in [0.3, 0.4) is 0 Å². The number of carbonyl (C=O) groups is 1. The van der Waals surface area contributed by atoms with Crippen LogP contribution in [0, 0.1) is 18.3 Å². The normalized spacial score (nSPS) is 11.3. The fourth-order valence-corrected chi connectivity index (χ4v) is 2.65. The molecule has 1 aromatic heterocycles. The van der Waals surface area contributed by atoms with E-state index in [0.717, 1.165) is 9.75 Å². The van der Waals surface area contributed by atoms with E-state index >= 15 is 0 Å². The van der Waals surface area contributed by atoms with Crippen molar-refractivity contribution in [3.63, 3.8) is 0 Å². The van der Waals surface area contributed by atoms with Gasteiger partial charge in [-0.2, -0.15) is 18.4 Å². The van der Waals surface area contributed by atoms with Crippen molar-refractivity contribution in [3.05, 3.63) is 51.7 Å². The van der Waals surface area contributed by atoms with Gasteiger partial charge in [0, 0.05) is 21.5 Å². The summed E-state index contributed by atoms with van der Waals surface area (Å²) in [6.45, 7) is 0.463. The lowest BCUT2D eigenvalue weighted by atomic mass is 10.2. The Hall–Kier alpha value is -2.79. The SMILES string of the molecule is Cc1ccc(C=CC(=O)Nc2ccc(OCC(F)(F)F)c(C#N)c2)s1. The van der Waals surface area contributed by atoms with Crippen LogP contribution in [0.1, 0.15) is 15.3 Å². The van der Waals surface area contributed by atoms with Gasteiger partial charge in [-0.15, -0.1) is 11.3 Å². The first-order valence-corrected chi connectivity index (χ1v) is 7.88. The Kier molecular flexibility index (Phi) is 5.83. The minimum atomic E-state index is -4.50. The molecule has 0 unspecified atom stereocenters. The van der Waals surface area contributed by atoms with Gasteiger partial charge in [-0.25, -0.2) is 0 Å². The molecule has 0 spiro atoms.